The minimum atomic E-state index is -0.636. The van der Waals surface area contributed by atoms with Crippen LogP contribution in [0.3, 0.4) is 0 Å². The Bertz CT molecular complexity index is 1740. The van der Waals surface area contributed by atoms with Crippen LogP contribution in [-0.2, 0) is 12.5 Å². The van der Waals surface area contributed by atoms with E-state index in [1.807, 2.05) is 69.3 Å². The number of hydrogen-bond donors (Lipinski definition) is 0. The second-order valence-corrected chi connectivity index (χ2v) is 9.53. The van der Waals surface area contributed by atoms with Gasteiger partial charge in [-0.2, -0.15) is 5.26 Å². The highest BCUT2D eigenvalue weighted by atomic mass is 19.1. The zero-order valence-electron chi connectivity index (χ0n) is 21.1. The number of benzene rings is 2. The Morgan fingerprint density at radius 2 is 1.81 bits per heavy atom. The molecule has 5 aromatic rings. The molecule has 0 amide bonds. The Morgan fingerprint density at radius 1 is 1.05 bits per heavy atom. The average Bonchev–Trinajstić information content (AvgIpc) is 3.18. The summed E-state index contributed by atoms with van der Waals surface area (Å²) in [5.41, 5.74) is 5.28. The lowest BCUT2D eigenvalue weighted by Crippen LogP contribution is -2.21. The van der Waals surface area contributed by atoms with E-state index in [1.54, 1.807) is 28.6 Å². The van der Waals surface area contributed by atoms with E-state index < -0.39 is 12.1 Å². The number of hydrogen-bond acceptors (Lipinski definition) is 5. The summed E-state index contributed by atoms with van der Waals surface area (Å²) in [5.74, 6) is 0.531. The van der Waals surface area contributed by atoms with Crippen molar-refractivity contribution in [2.24, 2.45) is 7.05 Å². The van der Waals surface area contributed by atoms with Gasteiger partial charge >= 0.3 is 5.69 Å². The maximum absolute atomic E-state index is 13.4. The van der Waals surface area contributed by atoms with Gasteiger partial charge in [0.1, 0.15) is 19.0 Å². The third-order valence-electron chi connectivity index (χ3n) is 6.72. The van der Waals surface area contributed by atoms with Crippen molar-refractivity contribution in [1.82, 2.24) is 19.1 Å². The zero-order chi connectivity index (χ0) is 26.3. The lowest BCUT2D eigenvalue weighted by atomic mass is 9.86. The molecule has 0 spiro atoms. The Kier molecular flexibility index (Phi) is 6.00. The maximum Gasteiger partial charge on any atom is 0.333 e. The molecule has 37 heavy (non-hydrogen) atoms. The molecule has 5 rings (SSSR count). The Labute approximate surface area is 213 Å². The van der Waals surface area contributed by atoms with Gasteiger partial charge in [-0.15, -0.1) is 0 Å². The molecule has 3 aromatic heterocycles. The molecule has 3 heterocycles. The predicted octanol–water partition coefficient (Wildman–Crippen LogP) is 5.40. The van der Waals surface area contributed by atoms with Crippen molar-refractivity contribution in [3.63, 3.8) is 0 Å². The van der Waals surface area contributed by atoms with Crippen LogP contribution in [0.25, 0.3) is 38.8 Å². The summed E-state index contributed by atoms with van der Waals surface area (Å²) >= 11 is 0. The molecule has 0 aliphatic carbocycles. The second-order valence-electron chi connectivity index (χ2n) is 9.53. The highest BCUT2D eigenvalue weighted by molar-refractivity contribution is 6.04. The van der Waals surface area contributed by atoms with E-state index in [2.05, 4.69) is 16.0 Å². The molecule has 2 aromatic carbocycles. The smallest absolute Gasteiger partial charge is 0.333 e. The number of pyridine rings is 2. The topological polar surface area (TPSA) is 85.7 Å². The van der Waals surface area contributed by atoms with Crippen molar-refractivity contribution in [1.29, 1.82) is 5.26 Å². The molecule has 7 nitrogen and oxygen atoms in total. The van der Waals surface area contributed by atoms with Crippen molar-refractivity contribution in [3.8, 4) is 28.6 Å². The SMILES string of the molecule is Cc1ncc(-c2ccc3ncc4c(c3c2)n(-c2ccc(C(C)(C)C#N)cc2)c(=O)n4C)cc1OCCF. The molecule has 0 unspecified atom stereocenters. The summed E-state index contributed by atoms with van der Waals surface area (Å²) in [4.78, 5) is 22.4. The zero-order valence-corrected chi connectivity index (χ0v) is 21.1. The molecule has 0 N–H and O–H groups in total. The first-order chi connectivity index (χ1) is 17.7. The number of imidazole rings is 1. The molecule has 0 radical (unpaired) electrons. The van der Waals surface area contributed by atoms with Gasteiger partial charge in [0.15, 0.2) is 0 Å². The van der Waals surface area contributed by atoms with Crippen molar-refractivity contribution >= 4 is 21.9 Å². The molecule has 186 valence electrons. The van der Waals surface area contributed by atoms with Gasteiger partial charge in [0.2, 0.25) is 0 Å². The number of aryl methyl sites for hydroxylation is 2. The van der Waals surface area contributed by atoms with Crippen LogP contribution >= 0.6 is 0 Å². The summed E-state index contributed by atoms with van der Waals surface area (Å²) in [6.45, 7) is 4.93. The van der Waals surface area contributed by atoms with Gasteiger partial charge < -0.3 is 4.74 Å². The monoisotopic (exact) mass is 495 g/mol. The van der Waals surface area contributed by atoms with E-state index in [4.69, 9.17) is 4.74 Å². The molecular weight excluding hydrogens is 469 g/mol. The largest absolute Gasteiger partial charge is 0.489 e. The molecule has 0 bridgehead atoms. The molecule has 8 heteroatoms. The number of aromatic nitrogens is 4. The van der Waals surface area contributed by atoms with Crippen molar-refractivity contribution < 1.29 is 9.13 Å². The Hall–Kier alpha value is -4.51. The van der Waals surface area contributed by atoms with Crippen molar-refractivity contribution in [2.45, 2.75) is 26.2 Å². The fourth-order valence-corrected chi connectivity index (χ4v) is 4.47. The average molecular weight is 496 g/mol. The van der Waals surface area contributed by atoms with Crippen LogP contribution in [0.4, 0.5) is 4.39 Å². The van der Waals surface area contributed by atoms with E-state index in [0.29, 0.717) is 22.6 Å². The number of nitrogens with zero attached hydrogens (tertiary/aromatic N) is 5. The Balaban J connectivity index is 1.72. The molecule has 0 fully saturated rings. The molecule has 0 aliphatic rings. The first-order valence-corrected chi connectivity index (χ1v) is 11.9. The van der Waals surface area contributed by atoms with Crippen molar-refractivity contribution in [3.05, 3.63) is 82.7 Å². The molecule has 0 atom stereocenters. The van der Waals surface area contributed by atoms with Gasteiger partial charge in [0.05, 0.1) is 45.6 Å². The molecule has 0 saturated carbocycles. The fourth-order valence-electron chi connectivity index (χ4n) is 4.47. The number of alkyl halides is 1. The van der Waals surface area contributed by atoms with Gasteiger partial charge in [-0.25, -0.2) is 9.18 Å². The number of ether oxygens (including phenoxy) is 1. The van der Waals surface area contributed by atoms with Crippen LogP contribution in [0.5, 0.6) is 5.75 Å². The quantitative estimate of drug-likeness (QED) is 0.315. The minimum Gasteiger partial charge on any atom is -0.489 e. The summed E-state index contributed by atoms with van der Waals surface area (Å²) in [5, 5.41) is 10.3. The second kappa shape index (κ2) is 9.17. The normalized spacial score (nSPS) is 11.7. The van der Waals surface area contributed by atoms with Gasteiger partial charge in [-0.1, -0.05) is 18.2 Å². The van der Waals surface area contributed by atoms with Gasteiger partial charge in [-0.3, -0.25) is 19.1 Å². The molecular formula is C29H26FN5O2. The van der Waals surface area contributed by atoms with E-state index in [1.165, 1.54) is 0 Å². The van der Waals surface area contributed by atoms with Crippen LogP contribution in [0, 0.1) is 18.3 Å². The highest BCUT2D eigenvalue weighted by Crippen LogP contribution is 2.32. The van der Waals surface area contributed by atoms with E-state index in [0.717, 1.165) is 33.1 Å². The first kappa shape index (κ1) is 24.2. The molecule has 0 saturated heterocycles. The highest BCUT2D eigenvalue weighted by Gasteiger charge is 2.21. The third-order valence-corrected chi connectivity index (χ3v) is 6.72. The van der Waals surface area contributed by atoms with Gasteiger partial charge in [0.25, 0.3) is 0 Å². The van der Waals surface area contributed by atoms with Gasteiger partial charge in [0, 0.05) is 24.2 Å². The summed E-state index contributed by atoms with van der Waals surface area (Å²) in [7, 11) is 1.73. The van der Waals surface area contributed by atoms with Crippen molar-refractivity contribution in [2.75, 3.05) is 13.3 Å². The lowest BCUT2D eigenvalue weighted by molar-refractivity contribution is 0.271. The fraction of sp³-hybridized carbons (Fsp3) is 0.241. The summed E-state index contributed by atoms with van der Waals surface area (Å²) in [6.07, 6.45) is 3.46. The van der Waals surface area contributed by atoms with E-state index >= 15 is 0 Å². The van der Waals surface area contributed by atoms with E-state index in [9.17, 15) is 14.4 Å². The Morgan fingerprint density at radius 3 is 2.51 bits per heavy atom. The number of nitriles is 1. The molecule has 0 aliphatic heterocycles. The van der Waals surface area contributed by atoms with E-state index in [-0.39, 0.29) is 12.3 Å². The van der Waals surface area contributed by atoms with Crippen LogP contribution in [0.2, 0.25) is 0 Å². The van der Waals surface area contributed by atoms with Crippen LogP contribution in [-0.4, -0.2) is 32.4 Å². The number of rotatable bonds is 6. The predicted molar refractivity (Wildman–Crippen MR) is 142 cm³/mol. The van der Waals surface area contributed by atoms with Gasteiger partial charge in [-0.05, 0) is 62.2 Å². The lowest BCUT2D eigenvalue weighted by Gasteiger charge is -2.16. The first-order valence-electron chi connectivity index (χ1n) is 11.9. The number of halogens is 1. The standard InChI is InChI=1S/C29H26FN5O2/c1-18-26(37-12-11-30)14-20(15-32-18)19-5-10-24-23(13-19)27-25(16-33-24)34(4)28(36)35(27)22-8-6-21(7-9-22)29(2,3)17-31/h5-10,13-16H,11-12H2,1-4H3. The minimum absolute atomic E-state index is 0.0329. The van der Waals surface area contributed by atoms with Crippen LogP contribution in [0.1, 0.15) is 25.1 Å². The summed E-state index contributed by atoms with van der Waals surface area (Å²) < 4.78 is 21.5. The van der Waals surface area contributed by atoms with Crippen LogP contribution < -0.4 is 10.4 Å². The van der Waals surface area contributed by atoms with Crippen LogP contribution in [0.15, 0.2) is 65.7 Å². The maximum atomic E-state index is 13.4. The number of fused-ring (bicyclic) bond motifs is 3. The summed E-state index contributed by atoms with van der Waals surface area (Å²) in [6, 6.07) is 17.5. The third kappa shape index (κ3) is 4.12.